The molecule has 80 valence electrons. The fourth-order valence-corrected chi connectivity index (χ4v) is 1.27. The molecule has 0 spiro atoms. The zero-order valence-corrected chi connectivity index (χ0v) is 8.47. The standard InChI is InChI=1S/C9H13N5O/c1-14(9-11-8(10)12-13-9)5-4-7-3-2-6-15-7/h2-3,6H,4-5H2,1H3,(H3,10,11,12,13). The number of nitrogens with zero attached hydrogens (tertiary/aromatic N) is 3. The van der Waals surface area contributed by atoms with Gasteiger partial charge in [-0.2, -0.15) is 4.98 Å². The smallest absolute Gasteiger partial charge is 0.246 e. The van der Waals surface area contributed by atoms with Crippen molar-refractivity contribution in [2.75, 3.05) is 24.2 Å². The van der Waals surface area contributed by atoms with Gasteiger partial charge in [-0.1, -0.05) is 0 Å². The molecule has 0 aliphatic carbocycles. The molecule has 0 aromatic carbocycles. The number of H-pyrrole nitrogens is 1. The van der Waals surface area contributed by atoms with Crippen LogP contribution in [0.25, 0.3) is 0 Å². The van der Waals surface area contributed by atoms with Gasteiger partial charge < -0.3 is 15.1 Å². The van der Waals surface area contributed by atoms with E-state index in [0.717, 1.165) is 18.7 Å². The minimum atomic E-state index is 0.329. The number of likely N-dealkylation sites (N-methyl/N-ethyl adjacent to an activating group) is 1. The van der Waals surface area contributed by atoms with Gasteiger partial charge in [-0.3, -0.25) is 0 Å². The van der Waals surface area contributed by atoms with E-state index in [0.29, 0.717) is 11.9 Å². The zero-order chi connectivity index (χ0) is 10.7. The normalized spacial score (nSPS) is 10.5. The molecule has 2 aromatic heterocycles. The molecule has 0 amide bonds. The van der Waals surface area contributed by atoms with E-state index in [4.69, 9.17) is 10.2 Å². The number of rotatable bonds is 4. The van der Waals surface area contributed by atoms with E-state index >= 15 is 0 Å². The van der Waals surface area contributed by atoms with E-state index in [1.54, 1.807) is 6.26 Å². The van der Waals surface area contributed by atoms with Gasteiger partial charge in [0.2, 0.25) is 11.9 Å². The Hall–Kier alpha value is -1.98. The summed E-state index contributed by atoms with van der Waals surface area (Å²) in [5, 5.41) is 6.54. The minimum absolute atomic E-state index is 0.329. The maximum Gasteiger partial charge on any atom is 0.246 e. The Balaban J connectivity index is 1.90. The predicted molar refractivity (Wildman–Crippen MR) is 56.5 cm³/mol. The van der Waals surface area contributed by atoms with Gasteiger partial charge in [0.15, 0.2) is 0 Å². The van der Waals surface area contributed by atoms with Gasteiger partial charge in [-0.05, 0) is 12.1 Å². The fraction of sp³-hybridized carbons (Fsp3) is 0.333. The largest absolute Gasteiger partial charge is 0.469 e. The number of anilines is 2. The molecular formula is C9H13N5O. The molecule has 2 aromatic rings. The lowest BCUT2D eigenvalue weighted by atomic mass is 10.3. The van der Waals surface area contributed by atoms with Crippen molar-refractivity contribution in [3.63, 3.8) is 0 Å². The molecule has 2 rings (SSSR count). The summed E-state index contributed by atoms with van der Waals surface area (Å²) in [6, 6.07) is 3.82. The number of nitrogens with one attached hydrogen (secondary N) is 1. The third-order valence-corrected chi connectivity index (χ3v) is 2.11. The van der Waals surface area contributed by atoms with E-state index in [9.17, 15) is 0 Å². The van der Waals surface area contributed by atoms with Crippen molar-refractivity contribution in [1.29, 1.82) is 0 Å². The SMILES string of the molecule is CN(CCc1ccco1)c1n[nH]c(N)n1. The van der Waals surface area contributed by atoms with Gasteiger partial charge in [0.1, 0.15) is 5.76 Å². The summed E-state index contributed by atoms with van der Waals surface area (Å²) in [6.45, 7) is 0.783. The summed E-state index contributed by atoms with van der Waals surface area (Å²) >= 11 is 0. The Morgan fingerprint density at radius 1 is 1.60 bits per heavy atom. The first-order chi connectivity index (χ1) is 7.25. The van der Waals surface area contributed by atoms with Crippen molar-refractivity contribution in [1.82, 2.24) is 15.2 Å². The van der Waals surface area contributed by atoms with Crippen LogP contribution < -0.4 is 10.6 Å². The van der Waals surface area contributed by atoms with Crippen molar-refractivity contribution in [3.05, 3.63) is 24.2 Å². The van der Waals surface area contributed by atoms with Crippen molar-refractivity contribution in [2.24, 2.45) is 0 Å². The van der Waals surface area contributed by atoms with E-state index in [1.807, 2.05) is 24.1 Å². The van der Waals surface area contributed by atoms with Crippen LogP contribution in [0.5, 0.6) is 0 Å². The molecule has 0 unspecified atom stereocenters. The van der Waals surface area contributed by atoms with Crippen LogP contribution in [0.15, 0.2) is 22.8 Å². The Kier molecular flexibility index (Phi) is 2.57. The van der Waals surface area contributed by atoms with E-state index in [-0.39, 0.29) is 0 Å². The first kappa shape index (κ1) is 9.57. The number of aromatic nitrogens is 3. The van der Waals surface area contributed by atoms with Crippen molar-refractivity contribution >= 4 is 11.9 Å². The van der Waals surface area contributed by atoms with Crippen LogP contribution in [0.4, 0.5) is 11.9 Å². The third-order valence-electron chi connectivity index (χ3n) is 2.11. The molecule has 2 heterocycles. The molecule has 3 N–H and O–H groups in total. The van der Waals surface area contributed by atoms with Gasteiger partial charge in [-0.15, -0.1) is 5.10 Å². The van der Waals surface area contributed by atoms with E-state index < -0.39 is 0 Å². The van der Waals surface area contributed by atoms with Crippen LogP contribution in [0.3, 0.4) is 0 Å². The first-order valence-electron chi connectivity index (χ1n) is 4.67. The van der Waals surface area contributed by atoms with Crippen LogP contribution in [-0.2, 0) is 6.42 Å². The second kappa shape index (κ2) is 4.04. The Bertz CT molecular complexity index is 408. The molecule has 0 saturated carbocycles. The lowest BCUT2D eigenvalue weighted by Crippen LogP contribution is -2.21. The van der Waals surface area contributed by atoms with Gasteiger partial charge in [0.05, 0.1) is 6.26 Å². The Morgan fingerprint density at radius 3 is 3.07 bits per heavy atom. The average molecular weight is 207 g/mol. The summed E-state index contributed by atoms with van der Waals surface area (Å²) in [5.41, 5.74) is 5.43. The molecule has 0 bridgehead atoms. The van der Waals surface area contributed by atoms with Gasteiger partial charge in [-0.25, -0.2) is 5.10 Å². The lowest BCUT2D eigenvalue weighted by molar-refractivity contribution is 0.508. The number of aromatic amines is 1. The highest BCUT2D eigenvalue weighted by atomic mass is 16.3. The number of hydrogen-bond donors (Lipinski definition) is 2. The van der Waals surface area contributed by atoms with Crippen LogP contribution in [0.2, 0.25) is 0 Å². The maximum absolute atomic E-state index is 5.43. The van der Waals surface area contributed by atoms with Crippen molar-refractivity contribution < 1.29 is 4.42 Å². The highest BCUT2D eigenvalue weighted by Crippen LogP contribution is 2.07. The summed E-state index contributed by atoms with van der Waals surface area (Å²) in [5.74, 6) is 1.87. The molecule has 0 saturated heterocycles. The predicted octanol–water partition coefficient (Wildman–Crippen LogP) is 0.659. The third kappa shape index (κ3) is 2.28. The highest BCUT2D eigenvalue weighted by Gasteiger charge is 2.07. The van der Waals surface area contributed by atoms with Gasteiger partial charge in [0.25, 0.3) is 0 Å². The number of hydrogen-bond acceptors (Lipinski definition) is 5. The van der Waals surface area contributed by atoms with Gasteiger partial charge in [0, 0.05) is 20.0 Å². The first-order valence-corrected chi connectivity index (χ1v) is 4.67. The highest BCUT2D eigenvalue weighted by molar-refractivity contribution is 5.32. The number of furan rings is 1. The summed E-state index contributed by atoms with van der Waals surface area (Å²) in [6.07, 6.45) is 2.48. The van der Waals surface area contributed by atoms with Crippen molar-refractivity contribution in [3.8, 4) is 0 Å². The van der Waals surface area contributed by atoms with Gasteiger partial charge >= 0.3 is 0 Å². The summed E-state index contributed by atoms with van der Waals surface area (Å²) in [7, 11) is 1.91. The minimum Gasteiger partial charge on any atom is -0.469 e. The van der Waals surface area contributed by atoms with Crippen LogP contribution in [0, 0.1) is 0 Å². The van der Waals surface area contributed by atoms with Crippen molar-refractivity contribution in [2.45, 2.75) is 6.42 Å². The molecule has 0 aliphatic heterocycles. The molecule has 0 radical (unpaired) electrons. The quantitative estimate of drug-likeness (QED) is 0.769. The second-order valence-electron chi connectivity index (χ2n) is 3.27. The van der Waals surface area contributed by atoms with E-state index in [1.165, 1.54) is 0 Å². The molecular weight excluding hydrogens is 194 g/mol. The van der Waals surface area contributed by atoms with Crippen LogP contribution >= 0.6 is 0 Å². The molecule has 6 heteroatoms. The molecule has 0 aliphatic rings. The Labute approximate surface area is 87.1 Å². The van der Waals surface area contributed by atoms with E-state index in [2.05, 4.69) is 15.2 Å². The molecule has 6 nitrogen and oxygen atoms in total. The number of nitrogen functional groups attached to an aromatic ring is 1. The summed E-state index contributed by atoms with van der Waals surface area (Å²) < 4.78 is 5.22. The molecule has 15 heavy (non-hydrogen) atoms. The average Bonchev–Trinajstić information content (AvgIpc) is 2.84. The van der Waals surface area contributed by atoms with Crippen LogP contribution in [-0.4, -0.2) is 28.8 Å². The molecule has 0 atom stereocenters. The summed E-state index contributed by atoms with van der Waals surface area (Å²) in [4.78, 5) is 5.93. The Morgan fingerprint density at radius 2 is 2.47 bits per heavy atom. The lowest BCUT2D eigenvalue weighted by Gasteiger charge is -2.12. The fourth-order valence-electron chi connectivity index (χ4n) is 1.27. The zero-order valence-electron chi connectivity index (χ0n) is 8.47. The monoisotopic (exact) mass is 207 g/mol. The topological polar surface area (TPSA) is 84.0 Å². The second-order valence-corrected chi connectivity index (χ2v) is 3.27. The maximum atomic E-state index is 5.43. The molecule has 0 fully saturated rings. The number of nitrogens with two attached hydrogens (primary N) is 1. The van der Waals surface area contributed by atoms with Crippen LogP contribution in [0.1, 0.15) is 5.76 Å².